The van der Waals surface area contributed by atoms with E-state index in [9.17, 15) is 0 Å². The standard InChI is InChI=1S/C38H48NO2P/c1-5-7-16-23-38(6-2,42-36-22-15-14-21-33(36)28-39-3)35-27-32(24-30-17-10-8-11-18-30)26-34(37(35)41-29-40-4)25-31-19-12-9-13-20-31/h8-15,17-22,26-27,39,42H,5-7,16,23-25,28-29H2,1-4H3. The van der Waals surface area contributed by atoms with E-state index in [0.29, 0.717) is 8.58 Å². The molecule has 1 N–H and O–H groups in total. The molecule has 0 saturated heterocycles. The van der Waals surface area contributed by atoms with Crippen LogP contribution < -0.4 is 15.4 Å². The minimum atomic E-state index is -0.0414. The molecule has 0 aliphatic heterocycles. The lowest BCUT2D eigenvalue weighted by Crippen LogP contribution is -2.26. The van der Waals surface area contributed by atoms with Crippen LogP contribution in [0.3, 0.4) is 0 Å². The maximum Gasteiger partial charge on any atom is 0.188 e. The number of unbranched alkanes of at least 4 members (excludes halogenated alkanes) is 2. The molecule has 2 atom stereocenters. The Bertz CT molecular complexity index is 1360. The van der Waals surface area contributed by atoms with Crippen molar-refractivity contribution in [1.29, 1.82) is 0 Å². The van der Waals surface area contributed by atoms with Crippen LogP contribution in [-0.4, -0.2) is 21.0 Å². The predicted molar refractivity (Wildman–Crippen MR) is 181 cm³/mol. The predicted octanol–water partition coefficient (Wildman–Crippen LogP) is 8.76. The van der Waals surface area contributed by atoms with Gasteiger partial charge in [-0.2, -0.15) is 0 Å². The van der Waals surface area contributed by atoms with E-state index >= 15 is 0 Å². The Kier molecular flexibility index (Phi) is 12.6. The van der Waals surface area contributed by atoms with Crippen molar-refractivity contribution in [1.82, 2.24) is 5.32 Å². The molecule has 0 heterocycles. The van der Waals surface area contributed by atoms with Crippen molar-refractivity contribution in [2.24, 2.45) is 0 Å². The molecule has 2 unspecified atom stereocenters. The zero-order valence-electron chi connectivity index (χ0n) is 25.9. The second kappa shape index (κ2) is 16.6. The van der Waals surface area contributed by atoms with Crippen LogP contribution in [0.2, 0.25) is 0 Å². The number of hydrogen-bond donors (Lipinski definition) is 1. The highest BCUT2D eigenvalue weighted by Gasteiger charge is 2.35. The number of ether oxygens (including phenoxy) is 2. The topological polar surface area (TPSA) is 30.5 Å². The van der Waals surface area contributed by atoms with Crippen molar-refractivity contribution < 1.29 is 9.47 Å². The number of nitrogens with one attached hydrogen (secondary N) is 1. The molecule has 0 aromatic heterocycles. The van der Waals surface area contributed by atoms with Crippen molar-refractivity contribution in [3.63, 3.8) is 0 Å². The summed E-state index contributed by atoms with van der Waals surface area (Å²) in [6.07, 6.45) is 7.54. The second-order valence-electron chi connectivity index (χ2n) is 11.2. The van der Waals surface area contributed by atoms with Gasteiger partial charge in [0.25, 0.3) is 0 Å². The van der Waals surface area contributed by atoms with Crippen molar-refractivity contribution in [3.05, 3.63) is 130 Å². The molecular formula is C38H48NO2P. The highest BCUT2D eigenvalue weighted by Crippen LogP contribution is 2.53. The molecule has 0 aliphatic rings. The molecule has 0 amide bonds. The normalized spacial score (nSPS) is 13.0. The molecule has 4 heteroatoms. The summed E-state index contributed by atoms with van der Waals surface area (Å²) in [6, 6.07) is 35.4. The van der Waals surface area contributed by atoms with E-state index in [0.717, 1.165) is 38.0 Å². The quantitative estimate of drug-likeness (QED) is 0.0768. The largest absolute Gasteiger partial charge is 0.467 e. The lowest BCUT2D eigenvalue weighted by molar-refractivity contribution is 0.0492. The molecule has 0 saturated carbocycles. The maximum atomic E-state index is 6.59. The van der Waals surface area contributed by atoms with E-state index in [2.05, 4.69) is 116 Å². The first-order valence-electron chi connectivity index (χ1n) is 15.5. The summed E-state index contributed by atoms with van der Waals surface area (Å²) in [5.41, 5.74) is 7.93. The Labute approximate surface area is 255 Å². The monoisotopic (exact) mass is 581 g/mol. The third-order valence-electron chi connectivity index (χ3n) is 8.12. The third-order valence-corrected chi connectivity index (χ3v) is 10.2. The molecular weight excluding hydrogens is 533 g/mol. The van der Waals surface area contributed by atoms with Crippen molar-refractivity contribution in [3.8, 4) is 5.75 Å². The van der Waals surface area contributed by atoms with Gasteiger partial charge in [-0.3, -0.25) is 0 Å². The summed E-state index contributed by atoms with van der Waals surface area (Å²) in [5, 5.41) is 4.80. The molecule has 0 bridgehead atoms. The van der Waals surface area contributed by atoms with Gasteiger partial charge in [-0.05, 0) is 59.4 Å². The minimum Gasteiger partial charge on any atom is -0.467 e. The summed E-state index contributed by atoms with van der Waals surface area (Å²) >= 11 is 0. The van der Waals surface area contributed by atoms with Crippen molar-refractivity contribution in [2.75, 3.05) is 21.0 Å². The second-order valence-corrected chi connectivity index (χ2v) is 13.0. The van der Waals surface area contributed by atoms with Gasteiger partial charge in [0.15, 0.2) is 6.79 Å². The van der Waals surface area contributed by atoms with Crippen molar-refractivity contribution >= 4 is 13.9 Å². The van der Waals surface area contributed by atoms with Gasteiger partial charge in [-0.25, -0.2) is 0 Å². The fraction of sp³-hybridized carbons (Fsp3) is 0.368. The molecule has 3 nitrogen and oxygen atoms in total. The Morgan fingerprint density at radius 2 is 1.40 bits per heavy atom. The van der Waals surface area contributed by atoms with E-state index in [1.54, 1.807) is 7.11 Å². The molecule has 0 fully saturated rings. The van der Waals surface area contributed by atoms with E-state index in [4.69, 9.17) is 9.47 Å². The molecule has 0 aliphatic carbocycles. The molecule has 0 spiro atoms. The van der Waals surface area contributed by atoms with Gasteiger partial charge in [0, 0.05) is 30.8 Å². The van der Waals surface area contributed by atoms with Gasteiger partial charge in [-0.1, -0.05) is 139 Å². The summed E-state index contributed by atoms with van der Waals surface area (Å²) in [6.45, 7) is 5.78. The van der Waals surface area contributed by atoms with Crippen molar-refractivity contribution in [2.45, 2.75) is 70.5 Å². The zero-order valence-corrected chi connectivity index (χ0v) is 26.9. The van der Waals surface area contributed by atoms with Crippen LogP contribution in [0.5, 0.6) is 5.75 Å². The summed E-state index contributed by atoms with van der Waals surface area (Å²) in [4.78, 5) is 0. The molecule has 4 rings (SSSR count). The molecule has 4 aromatic carbocycles. The Hall–Kier alpha value is -2.97. The van der Waals surface area contributed by atoms with Gasteiger partial charge in [0.1, 0.15) is 5.75 Å². The highest BCUT2D eigenvalue weighted by atomic mass is 31.1. The van der Waals surface area contributed by atoms with Gasteiger partial charge >= 0.3 is 0 Å². The van der Waals surface area contributed by atoms with Crippen LogP contribution in [0.25, 0.3) is 0 Å². The molecule has 4 aromatic rings. The lowest BCUT2D eigenvalue weighted by Gasteiger charge is -2.37. The highest BCUT2D eigenvalue weighted by molar-refractivity contribution is 7.48. The van der Waals surface area contributed by atoms with Crippen LogP contribution in [-0.2, 0) is 29.3 Å². The van der Waals surface area contributed by atoms with Gasteiger partial charge in [-0.15, -0.1) is 0 Å². The first kappa shape index (κ1) is 32.0. The van der Waals surface area contributed by atoms with Gasteiger partial charge in [0.2, 0.25) is 0 Å². The molecule has 42 heavy (non-hydrogen) atoms. The fourth-order valence-corrected chi connectivity index (χ4v) is 7.75. The van der Waals surface area contributed by atoms with Crippen LogP contribution in [0.4, 0.5) is 0 Å². The van der Waals surface area contributed by atoms with Gasteiger partial charge in [0.05, 0.1) is 0 Å². The SMILES string of the molecule is CCCCCC(CC)(Pc1ccccc1CNC)c1cc(Cc2ccccc2)cc(Cc2ccccc2)c1OCOC. The summed E-state index contributed by atoms with van der Waals surface area (Å²) < 4.78 is 12.1. The van der Waals surface area contributed by atoms with Crippen LogP contribution in [0.1, 0.15) is 79.3 Å². The fourth-order valence-electron chi connectivity index (χ4n) is 5.92. The number of rotatable bonds is 17. The van der Waals surface area contributed by atoms with E-state index in [-0.39, 0.29) is 11.9 Å². The van der Waals surface area contributed by atoms with Crippen LogP contribution in [0.15, 0.2) is 97.1 Å². The third kappa shape index (κ3) is 8.54. The Morgan fingerprint density at radius 1 is 0.738 bits per heavy atom. The average molecular weight is 582 g/mol. The van der Waals surface area contributed by atoms with Crippen LogP contribution in [0, 0.1) is 0 Å². The summed E-state index contributed by atoms with van der Waals surface area (Å²) in [7, 11) is 4.38. The lowest BCUT2D eigenvalue weighted by atomic mass is 9.84. The van der Waals surface area contributed by atoms with Gasteiger partial charge < -0.3 is 14.8 Å². The molecule has 0 radical (unpaired) electrons. The Balaban J connectivity index is 1.92. The van der Waals surface area contributed by atoms with Crippen LogP contribution >= 0.6 is 8.58 Å². The average Bonchev–Trinajstić information content (AvgIpc) is 3.02. The maximum absolute atomic E-state index is 6.59. The minimum absolute atomic E-state index is 0.0414. The zero-order chi connectivity index (χ0) is 29.6. The smallest absolute Gasteiger partial charge is 0.188 e. The first-order valence-corrected chi connectivity index (χ1v) is 16.5. The number of benzene rings is 4. The van der Waals surface area contributed by atoms with E-state index in [1.807, 2.05) is 7.05 Å². The van der Waals surface area contributed by atoms with E-state index < -0.39 is 0 Å². The molecule has 222 valence electrons. The van der Waals surface area contributed by atoms with E-state index in [1.165, 1.54) is 57.9 Å². The summed E-state index contributed by atoms with van der Waals surface area (Å²) in [5.74, 6) is 1.01. The Morgan fingerprint density at radius 3 is 2.05 bits per heavy atom. The number of methoxy groups -OCH3 is 1. The number of hydrogen-bond acceptors (Lipinski definition) is 3. The first-order chi connectivity index (χ1) is 20.6.